The van der Waals surface area contributed by atoms with E-state index >= 15 is 0 Å². The summed E-state index contributed by atoms with van der Waals surface area (Å²) in [5.74, 6) is 0.537. The van der Waals surface area contributed by atoms with Gasteiger partial charge in [-0.1, -0.05) is 26.8 Å². The largest absolute Gasteiger partial charge is 0.258 e. The lowest BCUT2D eigenvalue weighted by Crippen LogP contribution is -1.97. The first-order valence-corrected chi connectivity index (χ1v) is 4.61. The van der Waals surface area contributed by atoms with E-state index < -0.39 is 0 Å². The Hall–Kier alpha value is -0.850. The molecule has 0 N–H and O–H groups in total. The molecule has 0 aliphatic carbocycles. The monoisotopic (exact) mass is 163 g/mol. The highest BCUT2D eigenvalue weighted by molar-refractivity contribution is 5.23. The van der Waals surface area contributed by atoms with Gasteiger partial charge >= 0.3 is 0 Å². The summed E-state index contributed by atoms with van der Waals surface area (Å²) in [6, 6.07) is 4.33. The summed E-state index contributed by atoms with van der Waals surface area (Å²) in [5, 5.41) is 0. The fraction of sp³-hybridized carbons (Fsp3) is 0.545. The van der Waals surface area contributed by atoms with Gasteiger partial charge in [0.25, 0.3) is 0 Å². The SMILES string of the molecule is CCc1ccc(C(C)C)nc1C. The zero-order valence-corrected chi connectivity index (χ0v) is 8.39. The molecular weight excluding hydrogens is 146 g/mol. The van der Waals surface area contributed by atoms with Crippen LogP contribution in [0.3, 0.4) is 0 Å². The van der Waals surface area contributed by atoms with Crippen LogP contribution in [0.25, 0.3) is 0 Å². The fourth-order valence-electron chi connectivity index (χ4n) is 1.30. The third-order valence-corrected chi connectivity index (χ3v) is 2.19. The normalized spacial score (nSPS) is 10.8. The summed E-state index contributed by atoms with van der Waals surface area (Å²) in [7, 11) is 0. The summed E-state index contributed by atoms with van der Waals surface area (Å²) in [6.45, 7) is 8.60. The zero-order chi connectivity index (χ0) is 9.14. The lowest BCUT2D eigenvalue weighted by Gasteiger charge is -2.07. The first-order valence-electron chi connectivity index (χ1n) is 4.61. The number of aromatic nitrogens is 1. The second-order valence-corrected chi connectivity index (χ2v) is 3.49. The van der Waals surface area contributed by atoms with Crippen molar-refractivity contribution in [3.8, 4) is 0 Å². The van der Waals surface area contributed by atoms with Crippen LogP contribution in [0.2, 0.25) is 0 Å². The van der Waals surface area contributed by atoms with Gasteiger partial charge in [-0.05, 0) is 30.9 Å². The van der Waals surface area contributed by atoms with Crippen molar-refractivity contribution in [3.05, 3.63) is 29.1 Å². The molecule has 1 nitrogen and oxygen atoms in total. The average Bonchev–Trinajstić information content (AvgIpc) is 2.04. The number of rotatable bonds is 2. The Bertz CT molecular complexity index is 264. The lowest BCUT2D eigenvalue weighted by atomic mass is 10.1. The molecule has 0 spiro atoms. The molecule has 0 fully saturated rings. The molecular formula is C11H17N. The first kappa shape index (κ1) is 9.24. The van der Waals surface area contributed by atoms with E-state index in [1.807, 2.05) is 0 Å². The Morgan fingerprint density at radius 2 is 2.00 bits per heavy atom. The molecule has 0 radical (unpaired) electrons. The Labute approximate surface area is 74.8 Å². The summed E-state index contributed by atoms with van der Waals surface area (Å²) in [4.78, 5) is 4.54. The minimum absolute atomic E-state index is 0.537. The Kier molecular flexibility index (Phi) is 2.85. The minimum atomic E-state index is 0.537. The summed E-state index contributed by atoms with van der Waals surface area (Å²) in [5.41, 5.74) is 3.74. The molecule has 1 aromatic rings. The van der Waals surface area contributed by atoms with Crippen molar-refractivity contribution in [1.29, 1.82) is 0 Å². The van der Waals surface area contributed by atoms with Crippen LogP contribution in [0.5, 0.6) is 0 Å². The highest BCUT2D eigenvalue weighted by atomic mass is 14.7. The van der Waals surface area contributed by atoms with Gasteiger partial charge in [-0.2, -0.15) is 0 Å². The number of nitrogens with zero attached hydrogens (tertiary/aromatic N) is 1. The predicted octanol–water partition coefficient (Wildman–Crippen LogP) is 3.08. The van der Waals surface area contributed by atoms with E-state index in [2.05, 4.69) is 44.8 Å². The standard InChI is InChI=1S/C11H17N/c1-5-10-6-7-11(8(2)3)12-9(10)4/h6-8H,5H2,1-4H3. The minimum Gasteiger partial charge on any atom is -0.258 e. The molecule has 0 saturated carbocycles. The predicted molar refractivity (Wildman–Crippen MR) is 52.4 cm³/mol. The molecule has 0 aliphatic rings. The second-order valence-electron chi connectivity index (χ2n) is 3.49. The van der Waals surface area contributed by atoms with E-state index in [0.717, 1.165) is 6.42 Å². The van der Waals surface area contributed by atoms with E-state index in [-0.39, 0.29) is 0 Å². The van der Waals surface area contributed by atoms with Gasteiger partial charge in [-0.15, -0.1) is 0 Å². The number of pyridine rings is 1. The van der Waals surface area contributed by atoms with Crippen molar-refractivity contribution in [1.82, 2.24) is 4.98 Å². The molecule has 1 heterocycles. The maximum atomic E-state index is 4.54. The summed E-state index contributed by atoms with van der Waals surface area (Å²) >= 11 is 0. The quantitative estimate of drug-likeness (QED) is 0.653. The van der Waals surface area contributed by atoms with Gasteiger partial charge in [0.2, 0.25) is 0 Å². The Morgan fingerprint density at radius 1 is 1.33 bits per heavy atom. The van der Waals surface area contributed by atoms with Crippen molar-refractivity contribution in [3.63, 3.8) is 0 Å². The first-order chi connectivity index (χ1) is 5.65. The van der Waals surface area contributed by atoms with Crippen molar-refractivity contribution in [2.75, 3.05) is 0 Å². The highest BCUT2D eigenvalue weighted by Crippen LogP contribution is 2.14. The van der Waals surface area contributed by atoms with Crippen LogP contribution in [-0.4, -0.2) is 4.98 Å². The van der Waals surface area contributed by atoms with Crippen molar-refractivity contribution >= 4 is 0 Å². The fourth-order valence-corrected chi connectivity index (χ4v) is 1.30. The second kappa shape index (κ2) is 3.70. The van der Waals surface area contributed by atoms with Gasteiger partial charge in [-0.25, -0.2) is 0 Å². The van der Waals surface area contributed by atoms with E-state index in [0.29, 0.717) is 5.92 Å². The van der Waals surface area contributed by atoms with Gasteiger partial charge in [0, 0.05) is 11.4 Å². The molecule has 0 unspecified atom stereocenters. The molecule has 0 saturated heterocycles. The summed E-state index contributed by atoms with van der Waals surface area (Å²) < 4.78 is 0. The maximum Gasteiger partial charge on any atom is 0.0432 e. The van der Waals surface area contributed by atoms with Crippen LogP contribution in [0.1, 0.15) is 43.6 Å². The summed E-state index contributed by atoms with van der Waals surface area (Å²) in [6.07, 6.45) is 1.08. The molecule has 0 aromatic carbocycles. The van der Waals surface area contributed by atoms with Crippen LogP contribution in [0.15, 0.2) is 12.1 Å². The lowest BCUT2D eigenvalue weighted by molar-refractivity contribution is 0.809. The zero-order valence-electron chi connectivity index (χ0n) is 8.39. The molecule has 0 aliphatic heterocycles. The molecule has 1 rings (SSSR count). The van der Waals surface area contributed by atoms with Crippen molar-refractivity contribution in [2.45, 2.75) is 40.0 Å². The van der Waals surface area contributed by atoms with Gasteiger partial charge < -0.3 is 0 Å². The highest BCUT2D eigenvalue weighted by Gasteiger charge is 2.02. The van der Waals surface area contributed by atoms with E-state index in [1.165, 1.54) is 17.0 Å². The molecule has 66 valence electrons. The molecule has 0 bridgehead atoms. The topological polar surface area (TPSA) is 12.9 Å². The van der Waals surface area contributed by atoms with E-state index in [9.17, 15) is 0 Å². The van der Waals surface area contributed by atoms with Crippen molar-refractivity contribution in [2.24, 2.45) is 0 Å². The number of aryl methyl sites for hydroxylation is 2. The van der Waals surface area contributed by atoms with Crippen molar-refractivity contribution < 1.29 is 0 Å². The van der Waals surface area contributed by atoms with Crippen LogP contribution in [0, 0.1) is 6.92 Å². The van der Waals surface area contributed by atoms with Gasteiger partial charge in [0.1, 0.15) is 0 Å². The molecule has 0 atom stereocenters. The van der Waals surface area contributed by atoms with Crippen LogP contribution in [-0.2, 0) is 6.42 Å². The Balaban J connectivity index is 3.02. The molecule has 12 heavy (non-hydrogen) atoms. The van der Waals surface area contributed by atoms with Crippen LogP contribution < -0.4 is 0 Å². The third kappa shape index (κ3) is 1.84. The molecule has 1 aromatic heterocycles. The molecule has 1 heteroatoms. The molecule has 0 amide bonds. The number of hydrogen-bond acceptors (Lipinski definition) is 1. The van der Waals surface area contributed by atoms with Crippen LogP contribution in [0.4, 0.5) is 0 Å². The number of hydrogen-bond donors (Lipinski definition) is 0. The van der Waals surface area contributed by atoms with Gasteiger partial charge in [-0.3, -0.25) is 4.98 Å². The average molecular weight is 163 g/mol. The van der Waals surface area contributed by atoms with Gasteiger partial charge in [0.15, 0.2) is 0 Å². The smallest absolute Gasteiger partial charge is 0.0432 e. The van der Waals surface area contributed by atoms with Crippen LogP contribution >= 0.6 is 0 Å². The van der Waals surface area contributed by atoms with E-state index in [4.69, 9.17) is 0 Å². The third-order valence-electron chi connectivity index (χ3n) is 2.19. The van der Waals surface area contributed by atoms with Gasteiger partial charge in [0.05, 0.1) is 0 Å². The van der Waals surface area contributed by atoms with E-state index in [1.54, 1.807) is 0 Å². The Morgan fingerprint density at radius 3 is 2.42 bits per heavy atom. The maximum absolute atomic E-state index is 4.54.